The molecule has 1 aliphatic heterocycles. The van der Waals surface area contributed by atoms with Crippen molar-refractivity contribution in [3.63, 3.8) is 0 Å². The Hall–Kier alpha value is -0.200. The van der Waals surface area contributed by atoms with Crippen LogP contribution in [-0.4, -0.2) is 52.8 Å². The van der Waals surface area contributed by atoms with Crippen molar-refractivity contribution in [2.75, 3.05) is 13.2 Å². The monoisotopic (exact) mass is 162 g/mol. The van der Waals surface area contributed by atoms with Gasteiger partial charge >= 0.3 is 0 Å². The third-order valence-electron chi connectivity index (χ3n) is 2.05. The van der Waals surface area contributed by atoms with Crippen molar-refractivity contribution in [3.05, 3.63) is 0 Å². The van der Waals surface area contributed by atoms with E-state index >= 15 is 0 Å². The third-order valence-corrected chi connectivity index (χ3v) is 2.05. The highest BCUT2D eigenvalue weighted by Gasteiger charge is 2.39. The molecule has 1 fully saturated rings. The smallest absolute Gasteiger partial charge is 0.0989 e. The van der Waals surface area contributed by atoms with Crippen LogP contribution < -0.4 is 11.1 Å². The first-order chi connectivity index (χ1) is 5.20. The Morgan fingerprint density at radius 1 is 1.18 bits per heavy atom. The van der Waals surface area contributed by atoms with Crippen molar-refractivity contribution >= 4 is 0 Å². The number of aliphatic hydroxyl groups excluding tert-OH is 3. The minimum atomic E-state index is -0.909. The van der Waals surface area contributed by atoms with Crippen LogP contribution in [0.25, 0.3) is 0 Å². The summed E-state index contributed by atoms with van der Waals surface area (Å²) in [6.07, 6.45) is -1.77. The minimum Gasteiger partial charge on any atom is -0.395 e. The zero-order valence-corrected chi connectivity index (χ0v) is 6.14. The number of hydrogen-bond donors (Lipinski definition) is 5. The molecular weight excluding hydrogens is 148 g/mol. The lowest BCUT2D eigenvalue weighted by molar-refractivity contribution is 0.0205. The summed E-state index contributed by atoms with van der Waals surface area (Å²) in [4.78, 5) is 0. The highest BCUT2D eigenvalue weighted by Crippen LogP contribution is 2.12. The van der Waals surface area contributed by atoms with Crippen LogP contribution in [-0.2, 0) is 0 Å². The van der Waals surface area contributed by atoms with Gasteiger partial charge in [0, 0.05) is 12.6 Å². The molecule has 1 saturated heterocycles. The SMILES string of the molecule is NC[C@H]1N[C@H](CO)[C@@H](O)[C@H]1O. The molecule has 11 heavy (non-hydrogen) atoms. The Balaban J connectivity index is 2.53. The second-order valence-electron chi connectivity index (χ2n) is 2.78. The van der Waals surface area contributed by atoms with Gasteiger partial charge in [0.1, 0.15) is 0 Å². The highest BCUT2D eigenvalue weighted by atomic mass is 16.3. The van der Waals surface area contributed by atoms with Crippen LogP contribution in [0.1, 0.15) is 0 Å². The predicted octanol–water partition coefficient (Wildman–Crippen LogP) is -3.00. The molecule has 0 amide bonds. The van der Waals surface area contributed by atoms with Crippen molar-refractivity contribution in [1.82, 2.24) is 5.32 Å². The second kappa shape index (κ2) is 3.46. The summed E-state index contributed by atoms with van der Waals surface area (Å²) < 4.78 is 0. The molecule has 0 aliphatic carbocycles. The normalized spacial score (nSPS) is 44.7. The van der Waals surface area contributed by atoms with E-state index in [1.54, 1.807) is 0 Å². The standard InChI is InChI=1S/C6H14N2O3/c7-1-3-5(10)6(11)4(2-9)8-3/h3-6,8-11H,1-2,7H2/t3-,4-,5+,6-/m1/s1. The summed E-state index contributed by atoms with van der Waals surface area (Å²) in [6.45, 7) is 0.0729. The summed E-state index contributed by atoms with van der Waals surface area (Å²) in [6, 6.07) is -0.749. The van der Waals surface area contributed by atoms with Crippen LogP contribution in [0.15, 0.2) is 0 Å². The summed E-state index contributed by atoms with van der Waals surface area (Å²) in [7, 11) is 0. The van der Waals surface area contributed by atoms with Gasteiger partial charge < -0.3 is 26.4 Å². The van der Waals surface area contributed by atoms with Crippen LogP contribution in [0.2, 0.25) is 0 Å². The van der Waals surface area contributed by atoms with Crippen molar-refractivity contribution < 1.29 is 15.3 Å². The zero-order chi connectivity index (χ0) is 8.43. The molecule has 5 heteroatoms. The topological polar surface area (TPSA) is 98.7 Å². The van der Waals surface area contributed by atoms with E-state index in [-0.39, 0.29) is 19.2 Å². The van der Waals surface area contributed by atoms with Gasteiger partial charge in [-0.3, -0.25) is 0 Å². The van der Waals surface area contributed by atoms with Crippen molar-refractivity contribution in [1.29, 1.82) is 0 Å². The average molecular weight is 162 g/mol. The molecule has 0 radical (unpaired) electrons. The van der Waals surface area contributed by atoms with Gasteiger partial charge in [-0.2, -0.15) is 0 Å². The maximum absolute atomic E-state index is 9.26. The number of hydrogen-bond acceptors (Lipinski definition) is 5. The van der Waals surface area contributed by atoms with Gasteiger partial charge in [0.2, 0.25) is 0 Å². The van der Waals surface area contributed by atoms with Gasteiger partial charge in [-0.15, -0.1) is 0 Å². The minimum absolute atomic E-state index is 0.186. The summed E-state index contributed by atoms with van der Waals surface area (Å²) in [5.74, 6) is 0. The van der Waals surface area contributed by atoms with Crippen molar-refractivity contribution in [2.24, 2.45) is 5.73 Å². The molecular formula is C6H14N2O3. The fourth-order valence-corrected chi connectivity index (χ4v) is 1.32. The van der Waals surface area contributed by atoms with Crippen molar-refractivity contribution in [3.8, 4) is 0 Å². The molecule has 0 spiro atoms. The molecule has 0 aromatic rings. The quantitative estimate of drug-likeness (QED) is 0.298. The molecule has 5 nitrogen and oxygen atoms in total. The van der Waals surface area contributed by atoms with Gasteiger partial charge in [0.15, 0.2) is 0 Å². The van der Waals surface area contributed by atoms with Crippen LogP contribution in [0.4, 0.5) is 0 Å². The van der Waals surface area contributed by atoms with E-state index in [4.69, 9.17) is 10.8 Å². The molecule has 0 aromatic heterocycles. The molecule has 0 bridgehead atoms. The Labute approximate surface area is 64.8 Å². The first-order valence-corrected chi connectivity index (χ1v) is 3.63. The molecule has 0 aromatic carbocycles. The first kappa shape index (κ1) is 8.89. The lowest BCUT2D eigenvalue weighted by Gasteiger charge is -2.12. The number of rotatable bonds is 2. The predicted molar refractivity (Wildman–Crippen MR) is 38.9 cm³/mol. The van der Waals surface area contributed by atoms with E-state index in [2.05, 4.69) is 5.32 Å². The van der Waals surface area contributed by atoms with E-state index in [1.807, 2.05) is 0 Å². The van der Waals surface area contributed by atoms with Crippen LogP contribution >= 0.6 is 0 Å². The summed E-state index contributed by atoms with van der Waals surface area (Å²) in [5, 5.41) is 30.0. The van der Waals surface area contributed by atoms with Gasteiger partial charge in [0.05, 0.1) is 24.9 Å². The molecule has 66 valence electrons. The van der Waals surface area contributed by atoms with E-state index in [0.29, 0.717) is 0 Å². The van der Waals surface area contributed by atoms with Gasteiger partial charge in [0.25, 0.3) is 0 Å². The molecule has 0 saturated carbocycles. The Kier molecular flexibility index (Phi) is 2.80. The van der Waals surface area contributed by atoms with Crippen LogP contribution in [0.3, 0.4) is 0 Å². The van der Waals surface area contributed by atoms with Crippen LogP contribution in [0, 0.1) is 0 Å². The molecule has 1 rings (SSSR count). The van der Waals surface area contributed by atoms with E-state index < -0.39 is 18.2 Å². The fraction of sp³-hybridized carbons (Fsp3) is 1.00. The number of nitrogens with two attached hydrogens (primary N) is 1. The van der Waals surface area contributed by atoms with Gasteiger partial charge in [-0.05, 0) is 0 Å². The highest BCUT2D eigenvalue weighted by molar-refractivity contribution is 4.98. The van der Waals surface area contributed by atoms with Gasteiger partial charge in [-0.1, -0.05) is 0 Å². The lowest BCUT2D eigenvalue weighted by atomic mass is 10.1. The van der Waals surface area contributed by atoms with E-state index in [9.17, 15) is 10.2 Å². The Bertz CT molecular complexity index is 115. The van der Waals surface area contributed by atoms with Gasteiger partial charge in [-0.25, -0.2) is 0 Å². The number of nitrogens with one attached hydrogen (secondary N) is 1. The largest absolute Gasteiger partial charge is 0.395 e. The molecule has 1 heterocycles. The zero-order valence-electron chi connectivity index (χ0n) is 6.14. The second-order valence-corrected chi connectivity index (χ2v) is 2.78. The average Bonchev–Trinajstić information content (AvgIpc) is 2.30. The summed E-state index contributed by atoms with van der Waals surface area (Å²) >= 11 is 0. The van der Waals surface area contributed by atoms with Crippen LogP contribution in [0.5, 0.6) is 0 Å². The molecule has 0 unspecified atom stereocenters. The summed E-state index contributed by atoms with van der Waals surface area (Å²) in [5.41, 5.74) is 5.29. The van der Waals surface area contributed by atoms with E-state index in [0.717, 1.165) is 0 Å². The Morgan fingerprint density at radius 3 is 2.00 bits per heavy atom. The maximum Gasteiger partial charge on any atom is 0.0989 e. The van der Waals surface area contributed by atoms with E-state index in [1.165, 1.54) is 0 Å². The molecule has 6 N–H and O–H groups in total. The van der Waals surface area contributed by atoms with Crippen molar-refractivity contribution in [2.45, 2.75) is 24.3 Å². The number of aliphatic hydroxyl groups is 3. The first-order valence-electron chi connectivity index (χ1n) is 3.63. The molecule has 4 atom stereocenters. The lowest BCUT2D eigenvalue weighted by Crippen LogP contribution is -2.40. The Morgan fingerprint density at radius 2 is 1.73 bits per heavy atom. The maximum atomic E-state index is 9.26. The fourth-order valence-electron chi connectivity index (χ4n) is 1.32. The third kappa shape index (κ3) is 1.52. The molecule has 1 aliphatic rings.